The Morgan fingerprint density at radius 1 is 1.21 bits per heavy atom. The van der Waals surface area contributed by atoms with Crippen molar-refractivity contribution < 1.29 is 9.53 Å². The van der Waals surface area contributed by atoms with E-state index in [2.05, 4.69) is 56.5 Å². The van der Waals surface area contributed by atoms with Crippen LogP contribution < -0.4 is 15.5 Å². The Labute approximate surface area is 162 Å². The molecule has 24 heavy (non-hydrogen) atoms. The normalized spacial score (nSPS) is 10.5. The molecule has 136 valence electrons. The van der Waals surface area contributed by atoms with E-state index in [1.54, 1.807) is 7.05 Å². The molecule has 0 aliphatic rings. The molecule has 0 spiro atoms. The predicted molar refractivity (Wildman–Crippen MR) is 110 cm³/mol. The molecule has 0 heterocycles. The SMILES string of the molecule is CCN(CCCNC(=NC)NCCC(=O)OC)c1ccccc1.I. The summed E-state index contributed by atoms with van der Waals surface area (Å²) in [5.74, 6) is 0.478. The maximum absolute atomic E-state index is 11.1. The molecule has 1 rings (SSSR count). The molecule has 1 aromatic rings. The van der Waals surface area contributed by atoms with Crippen molar-refractivity contribution in [2.24, 2.45) is 4.99 Å². The summed E-state index contributed by atoms with van der Waals surface area (Å²) in [5, 5.41) is 6.35. The molecule has 0 fully saturated rings. The zero-order valence-corrected chi connectivity index (χ0v) is 17.1. The van der Waals surface area contributed by atoms with Crippen LogP contribution in [0.4, 0.5) is 5.69 Å². The van der Waals surface area contributed by atoms with Crippen LogP contribution in [0.25, 0.3) is 0 Å². The number of hydrogen-bond acceptors (Lipinski definition) is 4. The maximum Gasteiger partial charge on any atom is 0.307 e. The second kappa shape index (κ2) is 13.9. The van der Waals surface area contributed by atoms with Gasteiger partial charge >= 0.3 is 5.97 Å². The number of carbonyl (C=O) groups is 1. The third-order valence-corrected chi connectivity index (χ3v) is 3.47. The van der Waals surface area contributed by atoms with E-state index in [4.69, 9.17) is 0 Å². The van der Waals surface area contributed by atoms with Crippen molar-refractivity contribution >= 4 is 41.6 Å². The van der Waals surface area contributed by atoms with Crippen LogP contribution in [0.3, 0.4) is 0 Å². The summed E-state index contributed by atoms with van der Waals surface area (Å²) >= 11 is 0. The highest BCUT2D eigenvalue weighted by atomic mass is 127. The number of benzene rings is 1. The fourth-order valence-electron chi connectivity index (χ4n) is 2.19. The Hall–Kier alpha value is -1.51. The fourth-order valence-corrected chi connectivity index (χ4v) is 2.19. The smallest absolute Gasteiger partial charge is 0.307 e. The lowest BCUT2D eigenvalue weighted by Gasteiger charge is -2.23. The van der Waals surface area contributed by atoms with Crippen LogP contribution in [-0.4, -0.2) is 52.3 Å². The number of ether oxygens (including phenoxy) is 1. The van der Waals surface area contributed by atoms with E-state index in [9.17, 15) is 4.79 Å². The number of para-hydroxylation sites is 1. The molecule has 0 atom stereocenters. The molecular weight excluding hydrogens is 419 g/mol. The molecule has 0 amide bonds. The Morgan fingerprint density at radius 3 is 2.46 bits per heavy atom. The number of nitrogens with one attached hydrogen (secondary N) is 2. The van der Waals surface area contributed by atoms with Crippen LogP contribution in [0.15, 0.2) is 35.3 Å². The van der Waals surface area contributed by atoms with E-state index in [-0.39, 0.29) is 29.9 Å². The van der Waals surface area contributed by atoms with E-state index in [1.807, 2.05) is 6.07 Å². The standard InChI is InChI=1S/C17H28N4O2.HI/c1-4-21(15-9-6-5-7-10-15)14-8-12-19-17(18-2)20-13-11-16(22)23-3;/h5-7,9-10H,4,8,11-14H2,1-3H3,(H2,18,19,20);1H. The third-order valence-electron chi connectivity index (χ3n) is 3.47. The van der Waals surface area contributed by atoms with Gasteiger partial charge in [0.05, 0.1) is 13.5 Å². The number of rotatable bonds is 9. The first-order valence-corrected chi connectivity index (χ1v) is 8.02. The van der Waals surface area contributed by atoms with Gasteiger partial charge in [0.25, 0.3) is 0 Å². The summed E-state index contributed by atoms with van der Waals surface area (Å²) in [6.45, 7) is 5.45. The molecule has 0 saturated heterocycles. The summed E-state index contributed by atoms with van der Waals surface area (Å²) < 4.78 is 4.60. The van der Waals surface area contributed by atoms with Crippen molar-refractivity contribution in [3.8, 4) is 0 Å². The van der Waals surface area contributed by atoms with Gasteiger partial charge in [-0.2, -0.15) is 0 Å². The van der Waals surface area contributed by atoms with E-state index >= 15 is 0 Å². The maximum atomic E-state index is 11.1. The summed E-state index contributed by atoms with van der Waals surface area (Å²) in [7, 11) is 3.11. The second-order valence-corrected chi connectivity index (χ2v) is 5.02. The molecule has 1 aromatic carbocycles. The molecular formula is C17H29IN4O2. The summed E-state index contributed by atoms with van der Waals surface area (Å²) in [6, 6.07) is 10.4. The molecule has 7 heteroatoms. The van der Waals surface area contributed by atoms with E-state index in [1.165, 1.54) is 12.8 Å². The molecule has 6 nitrogen and oxygen atoms in total. The van der Waals surface area contributed by atoms with Crippen molar-refractivity contribution in [1.29, 1.82) is 0 Å². The molecule has 0 aromatic heterocycles. The van der Waals surface area contributed by atoms with Crippen LogP contribution in [0.1, 0.15) is 19.8 Å². The van der Waals surface area contributed by atoms with E-state index in [0.717, 1.165) is 26.1 Å². The van der Waals surface area contributed by atoms with Gasteiger partial charge in [-0.3, -0.25) is 9.79 Å². The number of guanidine groups is 1. The minimum Gasteiger partial charge on any atom is -0.469 e. The molecule has 0 aliphatic heterocycles. The first-order valence-electron chi connectivity index (χ1n) is 8.02. The number of esters is 1. The zero-order chi connectivity index (χ0) is 16.9. The summed E-state index contributed by atoms with van der Waals surface area (Å²) in [4.78, 5) is 17.5. The quantitative estimate of drug-likeness (QED) is 0.200. The second-order valence-electron chi connectivity index (χ2n) is 5.02. The monoisotopic (exact) mass is 448 g/mol. The average Bonchev–Trinajstić information content (AvgIpc) is 2.60. The van der Waals surface area contributed by atoms with Crippen LogP contribution in [0, 0.1) is 0 Å². The topological polar surface area (TPSA) is 66.0 Å². The average molecular weight is 448 g/mol. The Morgan fingerprint density at radius 2 is 1.88 bits per heavy atom. The third kappa shape index (κ3) is 8.95. The Bertz CT molecular complexity index is 483. The van der Waals surface area contributed by atoms with Gasteiger partial charge in [-0.25, -0.2) is 0 Å². The van der Waals surface area contributed by atoms with Gasteiger partial charge in [-0.15, -0.1) is 24.0 Å². The number of anilines is 1. The largest absolute Gasteiger partial charge is 0.469 e. The number of halogens is 1. The van der Waals surface area contributed by atoms with Gasteiger partial charge in [0.1, 0.15) is 0 Å². The molecule has 0 radical (unpaired) electrons. The Balaban J connectivity index is 0.00000529. The molecule has 0 aliphatic carbocycles. The highest BCUT2D eigenvalue weighted by molar-refractivity contribution is 14.0. The van der Waals surface area contributed by atoms with Crippen molar-refractivity contribution in [3.05, 3.63) is 30.3 Å². The minimum atomic E-state index is -0.227. The van der Waals surface area contributed by atoms with Gasteiger partial charge in [0, 0.05) is 38.9 Å². The van der Waals surface area contributed by atoms with Crippen molar-refractivity contribution in [1.82, 2.24) is 10.6 Å². The predicted octanol–water partition coefficient (Wildman–Crippen LogP) is 2.25. The lowest BCUT2D eigenvalue weighted by molar-refractivity contribution is -0.140. The van der Waals surface area contributed by atoms with Crippen LogP contribution in [-0.2, 0) is 9.53 Å². The number of hydrogen-bond donors (Lipinski definition) is 2. The first kappa shape index (κ1) is 22.5. The Kier molecular flexibility index (Phi) is 13.0. The molecule has 0 saturated carbocycles. The number of methoxy groups -OCH3 is 1. The lowest BCUT2D eigenvalue weighted by atomic mass is 10.2. The molecule has 0 bridgehead atoms. The number of nitrogens with zero attached hydrogens (tertiary/aromatic N) is 2. The van der Waals surface area contributed by atoms with Crippen LogP contribution >= 0.6 is 24.0 Å². The summed E-state index contributed by atoms with van der Waals surface area (Å²) in [6.07, 6.45) is 1.33. The van der Waals surface area contributed by atoms with E-state index < -0.39 is 0 Å². The number of carbonyl (C=O) groups excluding carboxylic acids is 1. The fraction of sp³-hybridized carbons (Fsp3) is 0.529. The van der Waals surface area contributed by atoms with Gasteiger partial charge < -0.3 is 20.3 Å². The van der Waals surface area contributed by atoms with Gasteiger partial charge in [0.2, 0.25) is 0 Å². The zero-order valence-electron chi connectivity index (χ0n) is 14.7. The first-order chi connectivity index (χ1) is 11.2. The van der Waals surface area contributed by atoms with E-state index in [0.29, 0.717) is 18.9 Å². The van der Waals surface area contributed by atoms with Gasteiger partial charge in [-0.1, -0.05) is 18.2 Å². The van der Waals surface area contributed by atoms with Crippen LogP contribution in [0.5, 0.6) is 0 Å². The lowest BCUT2D eigenvalue weighted by Crippen LogP contribution is -2.39. The highest BCUT2D eigenvalue weighted by Gasteiger charge is 2.04. The van der Waals surface area contributed by atoms with Crippen molar-refractivity contribution in [2.45, 2.75) is 19.8 Å². The molecule has 2 N–H and O–H groups in total. The number of aliphatic imine (C=N–C) groups is 1. The minimum absolute atomic E-state index is 0. The van der Waals surface area contributed by atoms with Crippen molar-refractivity contribution in [2.75, 3.05) is 45.2 Å². The van der Waals surface area contributed by atoms with Gasteiger partial charge in [-0.05, 0) is 25.5 Å². The highest BCUT2D eigenvalue weighted by Crippen LogP contribution is 2.12. The van der Waals surface area contributed by atoms with Crippen LogP contribution in [0.2, 0.25) is 0 Å². The van der Waals surface area contributed by atoms with Gasteiger partial charge in [0.15, 0.2) is 5.96 Å². The van der Waals surface area contributed by atoms with Crippen molar-refractivity contribution in [3.63, 3.8) is 0 Å². The summed E-state index contributed by atoms with van der Waals surface area (Å²) in [5.41, 5.74) is 1.25. The molecule has 0 unspecified atom stereocenters.